The highest BCUT2D eigenvalue weighted by atomic mass is 15.1. The van der Waals surface area contributed by atoms with Gasteiger partial charge < -0.3 is 15.1 Å². The van der Waals surface area contributed by atoms with E-state index < -0.39 is 5.54 Å². The summed E-state index contributed by atoms with van der Waals surface area (Å²) in [5.74, 6) is 0. The van der Waals surface area contributed by atoms with E-state index in [-0.39, 0.29) is 0 Å². The maximum atomic E-state index is 9.15. The first-order valence-electron chi connectivity index (χ1n) is 7.60. The molecule has 0 aliphatic carbocycles. The Morgan fingerprint density at radius 3 is 1.95 bits per heavy atom. The Hall–Kier alpha value is -0.630. The maximum absolute atomic E-state index is 9.15. The Kier molecular flexibility index (Phi) is 9.85. The van der Waals surface area contributed by atoms with E-state index in [1.54, 1.807) is 0 Å². The van der Waals surface area contributed by atoms with Gasteiger partial charge in [-0.2, -0.15) is 5.26 Å². The number of hydrogen-bond donors (Lipinski definition) is 1. The van der Waals surface area contributed by atoms with Crippen LogP contribution >= 0.6 is 0 Å². The molecule has 19 heavy (non-hydrogen) atoms. The minimum absolute atomic E-state index is 0.397. The Labute approximate surface area is 119 Å². The van der Waals surface area contributed by atoms with Gasteiger partial charge in [0.1, 0.15) is 5.54 Å². The summed E-state index contributed by atoms with van der Waals surface area (Å²) in [5, 5.41) is 12.3. The molecule has 4 nitrogen and oxygen atoms in total. The van der Waals surface area contributed by atoms with Crippen molar-refractivity contribution in [2.24, 2.45) is 0 Å². The fourth-order valence-electron chi connectivity index (χ4n) is 2.10. The first-order chi connectivity index (χ1) is 9.05. The second-order valence-corrected chi connectivity index (χ2v) is 5.26. The zero-order valence-corrected chi connectivity index (χ0v) is 13.5. The van der Waals surface area contributed by atoms with Gasteiger partial charge in [-0.1, -0.05) is 20.8 Å². The van der Waals surface area contributed by atoms with Crippen LogP contribution in [0.2, 0.25) is 0 Å². The summed E-state index contributed by atoms with van der Waals surface area (Å²) < 4.78 is 0. The molecule has 0 aliphatic heterocycles. The van der Waals surface area contributed by atoms with Crippen LogP contribution in [0.4, 0.5) is 0 Å². The van der Waals surface area contributed by atoms with Crippen molar-refractivity contribution in [1.29, 1.82) is 5.26 Å². The largest absolute Gasteiger partial charge is 0.304 e. The summed E-state index contributed by atoms with van der Waals surface area (Å²) in [6.07, 6.45) is 2.08. The van der Waals surface area contributed by atoms with Crippen LogP contribution in [-0.4, -0.2) is 61.7 Å². The number of nitriles is 1. The van der Waals surface area contributed by atoms with E-state index >= 15 is 0 Å². The standard InChI is InChI=1S/C15H32N4/c1-6-18(7-2)11-9-12-19(8-3)13-10-15(4,14-16)17-5/h17H,6-13H2,1-5H3. The molecule has 0 amide bonds. The zero-order valence-electron chi connectivity index (χ0n) is 13.5. The normalized spacial score (nSPS) is 14.6. The van der Waals surface area contributed by atoms with E-state index in [1.807, 2.05) is 14.0 Å². The van der Waals surface area contributed by atoms with Gasteiger partial charge in [0.05, 0.1) is 6.07 Å². The lowest BCUT2D eigenvalue weighted by molar-refractivity contribution is 0.229. The van der Waals surface area contributed by atoms with Gasteiger partial charge in [0.2, 0.25) is 0 Å². The molecule has 0 radical (unpaired) electrons. The van der Waals surface area contributed by atoms with Gasteiger partial charge in [-0.15, -0.1) is 0 Å². The first-order valence-corrected chi connectivity index (χ1v) is 7.60. The minimum Gasteiger partial charge on any atom is -0.304 e. The van der Waals surface area contributed by atoms with Crippen molar-refractivity contribution in [2.45, 2.75) is 46.1 Å². The zero-order chi connectivity index (χ0) is 14.7. The van der Waals surface area contributed by atoms with Crippen LogP contribution < -0.4 is 5.32 Å². The molecule has 0 aromatic heterocycles. The smallest absolute Gasteiger partial charge is 0.104 e. The molecule has 0 aromatic rings. The number of nitrogens with zero attached hydrogens (tertiary/aromatic N) is 3. The quantitative estimate of drug-likeness (QED) is 0.622. The molecule has 0 heterocycles. The van der Waals surface area contributed by atoms with Crippen LogP contribution in [0.5, 0.6) is 0 Å². The van der Waals surface area contributed by atoms with Gasteiger partial charge in [0.15, 0.2) is 0 Å². The molecular formula is C15H32N4. The van der Waals surface area contributed by atoms with Crippen LogP contribution in [0.1, 0.15) is 40.5 Å². The van der Waals surface area contributed by atoms with E-state index in [0.29, 0.717) is 0 Å². The van der Waals surface area contributed by atoms with Crippen LogP contribution in [0.3, 0.4) is 0 Å². The predicted molar refractivity (Wildman–Crippen MR) is 82.2 cm³/mol. The minimum atomic E-state index is -0.397. The monoisotopic (exact) mass is 268 g/mol. The highest BCUT2D eigenvalue weighted by Crippen LogP contribution is 2.09. The van der Waals surface area contributed by atoms with E-state index in [0.717, 1.165) is 39.1 Å². The molecule has 0 rings (SSSR count). The van der Waals surface area contributed by atoms with Crippen molar-refractivity contribution in [3.63, 3.8) is 0 Å². The molecule has 0 fully saturated rings. The summed E-state index contributed by atoms with van der Waals surface area (Å²) in [4.78, 5) is 4.90. The van der Waals surface area contributed by atoms with Gasteiger partial charge in [0, 0.05) is 6.54 Å². The lowest BCUT2D eigenvalue weighted by Gasteiger charge is -2.27. The molecule has 112 valence electrons. The SMILES string of the molecule is CCN(CC)CCCN(CC)CCC(C)(C#N)NC. The third-order valence-corrected chi connectivity index (χ3v) is 4.02. The fourth-order valence-corrected chi connectivity index (χ4v) is 2.10. The molecule has 4 heteroatoms. The van der Waals surface area contributed by atoms with E-state index in [4.69, 9.17) is 5.26 Å². The highest BCUT2D eigenvalue weighted by Gasteiger charge is 2.21. The van der Waals surface area contributed by atoms with Crippen molar-refractivity contribution < 1.29 is 0 Å². The molecule has 1 N–H and O–H groups in total. The molecule has 0 saturated carbocycles. The summed E-state index contributed by atoms with van der Waals surface area (Å²) in [6.45, 7) is 15.2. The summed E-state index contributed by atoms with van der Waals surface area (Å²) in [7, 11) is 1.86. The lowest BCUT2D eigenvalue weighted by atomic mass is 10.00. The molecule has 0 spiro atoms. The fraction of sp³-hybridized carbons (Fsp3) is 0.933. The van der Waals surface area contributed by atoms with Crippen molar-refractivity contribution in [1.82, 2.24) is 15.1 Å². The third-order valence-electron chi connectivity index (χ3n) is 4.02. The molecule has 0 saturated heterocycles. The number of rotatable bonds is 11. The van der Waals surface area contributed by atoms with Gasteiger partial charge >= 0.3 is 0 Å². The summed E-state index contributed by atoms with van der Waals surface area (Å²) in [5.41, 5.74) is -0.397. The maximum Gasteiger partial charge on any atom is 0.104 e. The van der Waals surface area contributed by atoms with Gasteiger partial charge in [-0.3, -0.25) is 0 Å². The van der Waals surface area contributed by atoms with Gasteiger partial charge in [-0.05, 0) is 59.5 Å². The van der Waals surface area contributed by atoms with Gasteiger partial charge in [0.25, 0.3) is 0 Å². The Balaban J connectivity index is 3.99. The van der Waals surface area contributed by atoms with E-state index in [9.17, 15) is 0 Å². The summed E-state index contributed by atoms with van der Waals surface area (Å²) >= 11 is 0. The molecule has 0 bridgehead atoms. The highest BCUT2D eigenvalue weighted by molar-refractivity contribution is 5.03. The molecular weight excluding hydrogens is 236 g/mol. The Morgan fingerprint density at radius 2 is 1.53 bits per heavy atom. The van der Waals surface area contributed by atoms with Gasteiger partial charge in [-0.25, -0.2) is 0 Å². The third kappa shape index (κ3) is 7.51. The lowest BCUT2D eigenvalue weighted by Crippen LogP contribution is -2.42. The van der Waals surface area contributed by atoms with Crippen LogP contribution in [0, 0.1) is 11.3 Å². The van der Waals surface area contributed by atoms with Crippen molar-refractivity contribution >= 4 is 0 Å². The average Bonchev–Trinajstić information content (AvgIpc) is 2.46. The number of nitrogens with one attached hydrogen (secondary N) is 1. The van der Waals surface area contributed by atoms with E-state index in [1.165, 1.54) is 13.0 Å². The van der Waals surface area contributed by atoms with Crippen molar-refractivity contribution in [2.75, 3.05) is 46.3 Å². The molecule has 1 atom stereocenters. The number of hydrogen-bond acceptors (Lipinski definition) is 4. The topological polar surface area (TPSA) is 42.3 Å². The van der Waals surface area contributed by atoms with E-state index in [2.05, 4.69) is 42.0 Å². The first kappa shape index (κ1) is 18.4. The Bertz CT molecular complexity index is 257. The predicted octanol–water partition coefficient (Wildman–Crippen LogP) is 1.93. The van der Waals surface area contributed by atoms with Crippen molar-refractivity contribution in [3.05, 3.63) is 0 Å². The average molecular weight is 268 g/mol. The molecule has 1 unspecified atom stereocenters. The van der Waals surface area contributed by atoms with Crippen LogP contribution in [0.15, 0.2) is 0 Å². The van der Waals surface area contributed by atoms with Crippen molar-refractivity contribution in [3.8, 4) is 6.07 Å². The second kappa shape index (κ2) is 10.2. The molecule has 0 aromatic carbocycles. The Morgan fingerprint density at radius 1 is 1.00 bits per heavy atom. The van der Waals surface area contributed by atoms with Crippen LogP contribution in [0.25, 0.3) is 0 Å². The second-order valence-electron chi connectivity index (χ2n) is 5.26. The molecule has 0 aliphatic rings. The summed E-state index contributed by atoms with van der Waals surface area (Å²) in [6, 6.07) is 2.35. The van der Waals surface area contributed by atoms with Crippen LogP contribution in [-0.2, 0) is 0 Å².